The van der Waals surface area contributed by atoms with E-state index in [0.717, 1.165) is 0 Å². The van der Waals surface area contributed by atoms with E-state index in [9.17, 15) is 4.79 Å². The van der Waals surface area contributed by atoms with Gasteiger partial charge in [0.05, 0.1) is 0 Å². The zero-order valence-electron chi connectivity index (χ0n) is 12.7. The Hall–Kier alpha value is -2.65. The van der Waals surface area contributed by atoms with E-state index in [0.29, 0.717) is 5.75 Å². The molecule has 23 heavy (non-hydrogen) atoms. The van der Waals surface area contributed by atoms with Crippen molar-refractivity contribution >= 4 is 36.6 Å². The molecule has 0 unspecified atom stereocenters. The highest BCUT2D eigenvalue weighted by Crippen LogP contribution is 2.48. The Bertz CT molecular complexity index is 960. The van der Waals surface area contributed by atoms with E-state index in [1.54, 1.807) is 0 Å². The van der Waals surface area contributed by atoms with E-state index in [2.05, 4.69) is 60.7 Å². The molecule has 1 aromatic heterocycles. The zero-order chi connectivity index (χ0) is 15.8. The van der Waals surface area contributed by atoms with Crippen LogP contribution in [-0.2, 0) is 4.79 Å². The minimum atomic E-state index is -0.295. The van der Waals surface area contributed by atoms with E-state index >= 15 is 0 Å². The molecule has 0 atom stereocenters. The second kappa shape index (κ2) is 5.52. The average Bonchev–Trinajstić information content (AvgIpc) is 2.90. The number of carbonyl (C=O) groups excluding carboxylic acids is 1. The van der Waals surface area contributed by atoms with Gasteiger partial charge in [-0.2, -0.15) is 0 Å². The van der Waals surface area contributed by atoms with Crippen LogP contribution in [0.4, 0.5) is 0 Å². The van der Waals surface area contributed by atoms with Gasteiger partial charge in [-0.25, -0.2) is 0 Å². The third-order valence-electron chi connectivity index (χ3n) is 3.83. The lowest BCUT2D eigenvalue weighted by Gasteiger charge is -2.00. The van der Waals surface area contributed by atoms with E-state index in [-0.39, 0.29) is 16.4 Å². The van der Waals surface area contributed by atoms with Gasteiger partial charge in [0.25, 0.3) is 0 Å². The molecule has 0 radical (unpaired) electrons. The van der Waals surface area contributed by atoms with Crippen molar-refractivity contribution in [1.29, 1.82) is 0 Å². The highest BCUT2D eigenvalue weighted by atomic mass is 32.2. The lowest BCUT2D eigenvalue weighted by Crippen LogP contribution is -2.00. The normalized spacial score (nSPS) is 11.0. The van der Waals surface area contributed by atoms with Crippen molar-refractivity contribution < 1.29 is 9.53 Å². The number of esters is 1. The van der Waals surface area contributed by atoms with Gasteiger partial charge in [0, 0.05) is 40.3 Å². The molecule has 2 nitrogen and oxygen atoms in total. The molecule has 112 valence electrons. The number of thiophene rings is 1. The summed E-state index contributed by atoms with van der Waals surface area (Å²) in [5.41, 5.74) is 0. The standard InChI is InChI=1S/C20H15O2S/c1-14(21)22-15-10-12-16(13-11-15)23-19-8-4-2-6-17(19)18-7-3-5-9-20(18)23/h2-13H,1H3/q+1. The summed E-state index contributed by atoms with van der Waals surface area (Å²) in [6, 6.07) is 25.0. The van der Waals surface area contributed by atoms with Crippen molar-refractivity contribution in [3.8, 4) is 10.6 Å². The number of benzene rings is 3. The Morgan fingerprint density at radius 2 is 1.30 bits per heavy atom. The Balaban J connectivity index is 1.95. The molecule has 0 saturated heterocycles. The van der Waals surface area contributed by atoms with Gasteiger partial charge < -0.3 is 4.74 Å². The maximum absolute atomic E-state index is 11.1. The first kappa shape index (κ1) is 14.0. The van der Waals surface area contributed by atoms with Crippen LogP contribution in [0, 0.1) is 0 Å². The lowest BCUT2D eigenvalue weighted by atomic mass is 10.2. The number of carbonyl (C=O) groups is 1. The van der Waals surface area contributed by atoms with Crippen LogP contribution in [0.15, 0.2) is 72.8 Å². The van der Waals surface area contributed by atoms with Crippen LogP contribution < -0.4 is 4.74 Å². The molecule has 0 fully saturated rings. The van der Waals surface area contributed by atoms with Gasteiger partial charge in [0.1, 0.15) is 5.75 Å². The van der Waals surface area contributed by atoms with Crippen molar-refractivity contribution in [2.45, 2.75) is 6.92 Å². The molecule has 0 spiro atoms. The third kappa shape index (κ3) is 2.39. The molecule has 4 rings (SSSR count). The summed E-state index contributed by atoms with van der Waals surface area (Å²) in [4.78, 5) is 12.3. The topological polar surface area (TPSA) is 26.3 Å². The minimum Gasteiger partial charge on any atom is -0.427 e. The Morgan fingerprint density at radius 3 is 1.83 bits per heavy atom. The molecule has 0 aliphatic rings. The SMILES string of the molecule is CC(=O)Oc1ccc(-[s+]2c3ccccc3c3ccccc32)cc1. The highest BCUT2D eigenvalue weighted by molar-refractivity contribution is 7.50. The summed E-state index contributed by atoms with van der Waals surface area (Å²) in [6.45, 7) is 1.42. The number of ether oxygens (including phenoxy) is 1. The first-order valence-electron chi connectivity index (χ1n) is 7.45. The Morgan fingerprint density at radius 1 is 0.783 bits per heavy atom. The van der Waals surface area contributed by atoms with Gasteiger partial charge in [-0.15, -0.1) is 0 Å². The van der Waals surface area contributed by atoms with Gasteiger partial charge in [0.15, 0.2) is 14.3 Å². The number of rotatable bonds is 2. The van der Waals surface area contributed by atoms with E-state index in [1.807, 2.05) is 12.1 Å². The van der Waals surface area contributed by atoms with Crippen molar-refractivity contribution in [2.24, 2.45) is 0 Å². The largest absolute Gasteiger partial charge is 0.427 e. The first-order valence-corrected chi connectivity index (χ1v) is 8.68. The molecular weight excluding hydrogens is 304 g/mol. The monoisotopic (exact) mass is 319 g/mol. The summed E-state index contributed by atoms with van der Waals surface area (Å²) in [6.07, 6.45) is 0. The second-order valence-electron chi connectivity index (χ2n) is 5.36. The van der Waals surface area contributed by atoms with Crippen LogP contribution in [0.25, 0.3) is 25.1 Å². The molecule has 3 aromatic carbocycles. The quantitative estimate of drug-likeness (QED) is 0.271. The summed E-state index contributed by atoms with van der Waals surface area (Å²) < 4.78 is 7.85. The molecule has 0 aliphatic carbocycles. The molecule has 0 amide bonds. The van der Waals surface area contributed by atoms with Crippen molar-refractivity contribution in [3.05, 3.63) is 72.8 Å². The zero-order valence-corrected chi connectivity index (χ0v) is 13.5. The van der Waals surface area contributed by atoms with Crippen LogP contribution in [0.3, 0.4) is 0 Å². The maximum Gasteiger partial charge on any atom is 0.308 e. The predicted octanol–water partition coefficient (Wildman–Crippen LogP) is 5.66. The van der Waals surface area contributed by atoms with Crippen LogP contribution in [-0.4, -0.2) is 5.97 Å². The fraction of sp³-hybridized carbons (Fsp3) is 0.0500. The van der Waals surface area contributed by atoms with E-state index in [1.165, 1.54) is 32.0 Å². The van der Waals surface area contributed by atoms with Crippen LogP contribution in [0.5, 0.6) is 5.75 Å². The van der Waals surface area contributed by atoms with Crippen LogP contribution in [0.1, 0.15) is 6.92 Å². The Kier molecular flexibility index (Phi) is 3.36. The number of hydrogen-bond donors (Lipinski definition) is 0. The fourth-order valence-electron chi connectivity index (χ4n) is 2.92. The fourth-order valence-corrected chi connectivity index (χ4v) is 5.29. The summed E-state index contributed by atoms with van der Waals surface area (Å²) >= 11 is 0. The summed E-state index contributed by atoms with van der Waals surface area (Å²) in [5.74, 6) is 0.294. The lowest BCUT2D eigenvalue weighted by molar-refractivity contribution is -0.131. The summed E-state index contributed by atoms with van der Waals surface area (Å²) in [7, 11) is -0.102. The molecule has 0 bridgehead atoms. The smallest absolute Gasteiger partial charge is 0.308 e. The predicted molar refractivity (Wildman–Crippen MR) is 96.6 cm³/mol. The van der Waals surface area contributed by atoms with E-state index in [4.69, 9.17) is 4.74 Å². The molecule has 3 heteroatoms. The van der Waals surface area contributed by atoms with Crippen molar-refractivity contribution in [1.82, 2.24) is 0 Å². The highest BCUT2D eigenvalue weighted by Gasteiger charge is 2.22. The van der Waals surface area contributed by atoms with Gasteiger partial charge >= 0.3 is 5.97 Å². The Labute approximate surface area is 136 Å². The number of fused-ring (bicyclic) bond motifs is 3. The molecule has 0 N–H and O–H groups in total. The number of hydrogen-bond acceptors (Lipinski definition) is 2. The second-order valence-corrected chi connectivity index (χ2v) is 7.33. The van der Waals surface area contributed by atoms with Gasteiger partial charge in [-0.3, -0.25) is 4.79 Å². The molecule has 4 aromatic rings. The first-order chi connectivity index (χ1) is 11.2. The van der Waals surface area contributed by atoms with Crippen LogP contribution in [0.2, 0.25) is 0 Å². The molecule has 0 saturated carbocycles. The van der Waals surface area contributed by atoms with Crippen molar-refractivity contribution in [3.63, 3.8) is 0 Å². The minimum absolute atomic E-state index is 0.102. The molecule has 1 heterocycles. The van der Waals surface area contributed by atoms with Gasteiger partial charge in [-0.1, -0.05) is 24.3 Å². The van der Waals surface area contributed by atoms with Crippen molar-refractivity contribution in [2.75, 3.05) is 0 Å². The molecule has 0 aliphatic heterocycles. The van der Waals surface area contributed by atoms with Crippen LogP contribution >= 0.6 is 10.5 Å². The van der Waals surface area contributed by atoms with E-state index < -0.39 is 0 Å². The average molecular weight is 319 g/mol. The molecular formula is C20H15O2S+. The summed E-state index contributed by atoms with van der Waals surface area (Å²) in [5, 5.41) is 2.63. The third-order valence-corrected chi connectivity index (χ3v) is 6.16. The van der Waals surface area contributed by atoms with Gasteiger partial charge in [-0.05, 0) is 36.4 Å². The maximum atomic E-state index is 11.1. The van der Waals surface area contributed by atoms with Gasteiger partial charge in [0.2, 0.25) is 0 Å².